The molecule has 0 saturated carbocycles. The zero-order valence-corrected chi connectivity index (χ0v) is 11.5. The van der Waals surface area contributed by atoms with Crippen LogP contribution in [-0.2, 0) is 4.74 Å². The number of hydrogen-bond acceptors (Lipinski definition) is 3. The number of amides is 1. The Kier molecular flexibility index (Phi) is 4.49. The van der Waals surface area contributed by atoms with E-state index < -0.39 is 11.7 Å². The molecule has 0 aliphatic rings. The number of halogens is 1. The lowest BCUT2D eigenvalue weighted by Gasteiger charge is -2.26. The molecule has 0 N–H and O–H groups in total. The van der Waals surface area contributed by atoms with Crippen molar-refractivity contribution in [1.29, 1.82) is 5.26 Å². The molecule has 0 bridgehead atoms. The highest BCUT2D eigenvalue weighted by Crippen LogP contribution is 2.23. The van der Waals surface area contributed by atoms with Gasteiger partial charge in [0, 0.05) is 0 Å². The van der Waals surface area contributed by atoms with Gasteiger partial charge in [-0.1, -0.05) is 0 Å². The van der Waals surface area contributed by atoms with E-state index in [1.165, 1.54) is 23.1 Å². The normalized spacial score (nSPS) is 10.7. The van der Waals surface area contributed by atoms with Gasteiger partial charge in [0.2, 0.25) is 0 Å². The Labute approximate surface area is 112 Å². The van der Waals surface area contributed by atoms with Crippen LogP contribution in [0.1, 0.15) is 26.3 Å². The Morgan fingerprint density at radius 1 is 1.47 bits per heavy atom. The van der Waals surface area contributed by atoms with E-state index in [9.17, 15) is 9.18 Å². The zero-order chi connectivity index (χ0) is 14.6. The summed E-state index contributed by atoms with van der Waals surface area (Å²) in [5.74, 6) is -0.387. The molecule has 4 nitrogen and oxygen atoms in total. The van der Waals surface area contributed by atoms with Crippen LogP contribution in [-0.4, -0.2) is 18.2 Å². The molecule has 0 unspecified atom stereocenters. The minimum Gasteiger partial charge on any atom is -0.443 e. The number of aryl methyl sites for hydroxylation is 1. The maximum Gasteiger partial charge on any atom is 0.415 e. The molecular weight excluding hydrogens is 247 g/mol. The molecule has 0 fully saturated rings. The van der Waals surface area contributed by atoms with Crippen LogP contribution < -0.4 is 4.90 Å². The second-order valence-corrected chi connectivity index (χ2v) is 5.16. The van der Waals surface area contributed by atoms with Crippen molar-refractivity contribution in [2.24, 2.45) is 0 Å². The van der Waals surface area contributed by atoms with Gasteiger partial charge >= 0.3 is 6.09 Å². The number of hydrogen-bond donors (Lipinski definition) is 0. The second-order valence-electron chi connectivity index (χ2n) is 5.16. The van der Waals surface area contributed by atoms with Gasteiger partial charge in [-0.15, -0.1) is 0 Å². The highest BCUT2D eigenvalue weighted by Gasteiger charge is 2.24. The number of nitriles is 1. The fourth-order valence-electron chi connectivity index (χ4n) is 1.56. The molecule has 0 spiro atoms. The lowest BCUT2D eigenvalue weighted by atomic mass is 10.1. The quantitative estimate of drug-likeness (QED) is 0.769. The van der Waals surface area contributed by atoms with Gasteiger partial charge < -0.3 is 4.74 Å². The number of carbonyl (C=O) groups excluding carboxylic acids is 1. The third-order valence-corrected chi connectivity index (χ3v) is 2.29. The molecule has 102 valence electrons. The first-order valence-corrected chi connectivity index (χ1v) is 5.88. The van der Waals surface area contributed by atoms with E-state index in [1.807, 2.05) is 6.07 Å². The minimum absolute atomic E-state index is 0.151. The maximum absolute atomic E-state index is 13.1. The van der Waals surface area contributed by atoms with Crippen LogP contribution in [0.2, 0.25) is 0 Å². The number of carbonyl (C=O) groups is 1. The average molecular weight is 264 g/mol. The van der Waals surface area contributed by atoms with Gasteiger partial charge in [-0.2, -0.15) is 5.26 Å². The van der Waals surface area contributed by atoms with Crippen molar-refractivity contribution in [2.75, 3.05) is 11.4 Å². The smallest absolute Gasteiger partial charge is 0.415 e. The Morgan fingerprint density at radius 2 is 2.11 bits per heavy atom. The molecule has 5 heteroatoms. The van der Waals surface area contributed by atoms with Crippen molar-refractivity contribution < 1.29 is 13.9 Å². The highest BCUT2D eigenvalue weighted by molar-refractivity contribution is 5.89. The average Bonchev–Trinajstić information content (AvgIpc) is 2.24. The Bertz CT molecular complexity index is 515. The van der Waals surface area contributed by atoms with Crippen LogP contribution >= 0.6 is 0 Å². The van der Waals surface area contributed by atoms with E-state index in [-0.39, 0.29) is 12.4 Å². The summed E-state index contributed by atoms with van der Waals surface area (Å²) in [6.07, 6.45) is -0.622. The standard InChI is InChI=1S/C14H17FN2O2/c1-10-9-11(15)5-6-12(10)17(8-7-16)13(18)19-14(2,3)4/h5-6,9H,8H2,1-4H3. The predicted octanol–water partition coefficient (Wildman–Crippen LogP) is 3.40. The van der Waals surface area contributed by atoms with Crippen molar-refractivity contribution in [3.05, 3.63) is 29.6 Å². The minimum atomic E-state index is -0.654. The lowest BCUT2D eigenvalue weighted by Crippen LogP contribution is -2.37. The predicted molar refractivity (Wildman–Crippen MR) is 70.3 cm³/mol. The first-order chi connectivity index (χ1) is 8.74. The summed E-state index contributed by atoms with van der Waals surface area (Å²) < 4.78 is 18.3. The fraction of sp³-hybridized carbons (Fsp3) is 0.429. The Morgan fingerprint density at radius 3 is 2.58 bits per heavy atom. The van der Waals surface area contributed by atoms with Crippen molar-refractivity contribution in [3.63, 3.8) is 0 Å². The number of rotatable bonds is 2. The fourth-order valence-corrected chi connectivity index (χ4v) is 1.56. The van der Waals surface area contributed by atoms with Crippen LogP contribution in [0.5, 0.6) is 0 Å². The molecule has 0 radical (unpaired) electrons. The second kappa shape index (κ2) is 5.70. The summed E-state index contributed by atoms with van der Waals surface area (Å²) in [7, 11) is 0. The van der Waals surface area contributed by atoms with Gasteiger partial charge in [0.05, 0.1) is 11.8 Å². The third kappa shape index (κ3) is 4.25. The third-order valence-electron chi connectivity index (χ3n) is 2.29. The van der Waals surface area contributed by atoms with Crippen molar-refractivity contribution in [1.82, 2.24) is 0 Å². The van der Waals surface area contributed by atoms with Crippen molar-refractivity contribution in [3.8, 4) is 6.07 Å². The Hall–Kier alpha value is -2.09. The first-order valence-electron chi connectivity index (χ1n) is 5.88. The van der Waals surface area contributed by atoms with E-state index in [1.54, 1.807) is 27.7 Å². The number of anilines is 1. The van der Waals surface area contributed by atoms with Crippen molar-refractivity contribution in [2.45, 2.75) is 33.3 Å². The van der Waals surface area contributed by atoms with E-state index in [0.29, 0.717) is 11.3 Å². The van der Waals surface area contributed by atoms with Crippen LogP contribution in [0.15, 0.2) is 18.2 Å². The molecule has 19 heavy (non-hydrogen) atoms. The summed E-state index contributed by atoms with van der Waals surface area (Å²) in [4.78, 5) is 13.2. The topological polar surface area (TPSA) is 53.3 Å². The van der Waals surface area contributed by atoms with Crippen LogP contribution in [0.3, 0.4) is 0 Å². The maximum atomic E-state index is 13.1. The summed E-state index contributed by atoms with van der Waals surface area (Å²) in [5, 5.41) is 8.82. The number of nitrogens with zero attached hydrogens (tertiary/aromatic N) is 2. The highest BCUT2D eigenvalue weighted by atomic mass is 19.1. The molecule has 1 rings (SSSR count). The summed E-state index contributed by atoms with van der Waals surface area (Å²) in [6, 6.07) is 5.93. The molecule has 0 aromatic heterocycles. The molecule has 0 aliphatic heterocycles. The van der Waals surface area contributed by atoms with Gasteiger partial charge in [0.15, 0.2) is 0 Å². The molecule has 0 heterocycles. The van der Waals surface area contributed by atoms with Crippen molar-refractivity contribution >= 4 is 11.8 Å². The summed E-state index contributed by atoms with van der Waals surface area (Å²) in [5.41, 5.74) is 0.386. The molecule has 1 aromatic carbocycles. The van der Waals surface area contributed by atoms with Gasteiger partial charge in [-0.3, -0.25) is 4.90 Å². The van der Waals surface area contributed by atoms with Gasteiger partial charge in [-0.25, -0.2) is 9.18 Å². The molecule has 1 aromatic rings. The van der Waals surface area contributed by atoms with E-state index in [0.717, 1.165) is 0 Å². The largest absolute Gasteiger partial charge is 0.443 e. The van der Waals surface area contributed by atoms with Crippen LogP contribution in [0, 0.1) is 24.1 Å². The van der Waals surface area contributed by atoms with E-state index >= 15 is 0 Å². The molecule has 0 aliphatic carbocycles. The van der Waals surface area contributed by atoms with Gasteiger partial charge in [0.1, 0.15) is 18.0 Å². The van der Waals surface area contributed by atoms with Gasteiger partial charge in [0.25, 0.3) is 0 Å². The van der Waals surface area contributed by atoms with E-state index in [2.05, 4.69) is 0 Å². The lowest BCUT2D eigenvalue weighted by molar-refractivity contribution is 0.0584. The first kappa shape index (κ1) is 15.0. The number of benzene rings is 1. The van der Waals surface area contributed by atoms with E-state index in [4.69, 9.17) is 10.00 Å². The van der Waals surface area contributed by atoms with Crippen LogP contribution in [0.4, 0.5) is 14.9 Å². The Balaban J connectivity index is 3.07. The molecule has 1 amide bonds. The molecule has 0 atom stereocenters. The molecular formula is C14H17FN2O2. The SMILES string of the molecule is Cc1cc(F)ccc1N(CC#N)C(=O)OC(C)(C)C. The summed E-state index contributed by atoms with van der Waals surface area (Å²) in [6.45, 7) is 6.75. The molecule has 0 saturated heterocycles. The van der Waals surface area contributed by atoms with Gasteiger partial charge in [-0.05, 0) is 51.5 Å². The van der Waals surface area contributed by atoms with Crippen LogP contribution in [0.25, 0.3) is 0 Å². The monoisotopic (exact) mass is 264 g/mol. The zero-order valence-electron chi connectivity index (χ0n) is 11.5. The summed E-state index contributed by atoms with van der Waals surface area (Å²) >= 11 is 0. The number of ether oxygens (including phenoxy) is 1.